The second-order valence-corrected chi connectivity index (χ2v) is 7.61. The minimum atomic E-state index is -0.105. The van der Waals surface area contributed by atoms with Gasteiger partial charge in [0.2, 0.25) is 0 Å². The molecule has 2 aliphatic rings. The molecule has 3 heteroatoms. The maximum atomic E-state index is 12.3. The van der Waals surface area contributed by atoms with Crippen molar-refractivity contribution < 1.29 is 9.53 Å². The van der Waals surface area contributed by atoms with Crippen molar-refractivity contribution >= 4 is 5.97 Å². The highest BCUT2D eigenvalue weighted by molar-refractivity contribution is 5.89. The van der Waals surface area contributed by atoms with Crippen molar-refractivity contribution in [3.63, 3.8) is 0 Å². The standard InChI is InChI=1S/C18H31NO2/c1-5-21-17(20)15-12-13(18(2,3)4)10-11-16(15)19-14-8-6-7-9-14/h13-14,19H,5-12H2,1-4H3. The normalized spacial score (nSPS) is 24.3. The van der Waals surface area contributed by atoms with E-state index in [2.05, 4.69) is 26.1 Å². The maximum Gasteiger partial charge on any atom is 0.335 e. The largest absolute Gasteiger partial charge is 0.463 e. The van der Waals surface area contributed by atoms with Crippen LogP contribution in [-0.2, 0) is 9.53 Å². The van der Waals surface area contributed by atoms with E-state index < -0.39 is 0 Å². The van der Waals surface area contributed by atoms with Crippen LogP contribution < -0.4 is 5.32 Å². The fourth-order valence-electron chi connectivity index (χ4n) is 3.58. The van der Waals surface area contributed by atoms with Crippen molar-refractivity contribution in [3.05, 3.63) is 11.3 Å². The van der Waals surface area contributed by atoms with Crippen LogP contribution in [0.4, 0.5) is 0 Å². The average Bonchev–Trinajstić information content (AvgIpc) is 2.91. The molecule has 2 aliphatic carbocycles. The van der Waals surface area contributed by atoms with Crippen molar-refractivity contribution in [2.24, 2.45) is 11.3 Å². The molecule has 1 unspecified atom stereocenters. The van der Waals surface area contributed by atoms with Crippen LogP contribution in [0.2, 0.25) is 0 Å². The van der Waals surface area contributed by atoms with Crippen molar-refractivity contribution in [2.75, 3.05) is 6.61 Å². The number of nitrogens with one attached hydrogen (secondary N) is 1. The van der Waals surface area contributed by atoms with E-state index in [1.807, 2.05) is 6.92 Å². The summed E-state index contributed by atoms with van der Waals surface area (Å²) in [6, 6.07) is 0.565. The summed E-state index contributed by atoms with van der Waals surface area (Å²) in [6.07, 6.45) is 8.12. The molecule has 1 N–H and O–H groups in total. The molecule has 1 fully saturated rings. The second kappa shape index (κ2) is 6.85. The van der Waals surface area contributed by atoms with Crippen molar-refractivity contribution in [2.45, 2.75) is 78.7 Å². The second-order valence-electron chi connectivity index (χ2n) is 7.61. The molecule has 0 heterocycles. The molecular formula is C18H31NO2. The van der Waals surface area contributed by atoms with Gasteiger partial charge in [0.05, 0.1) is 12.2 Å². The van der Waals surface area contributed by atoms with Gasteiger partial charge in [0.1, 0.15) is 0 Å². The van der Waals surface area contributed by atoms with Gasteiger partial charge in [-0.3, -0.25) is 0 Å². The van der Waals surface area contributed by atoms with Crippen LogP contribution in [0.5, 0.6) is 0 Å². The first-order valence-corrected chi connectivity index (χ1v) is 8.57. The first-order valence-electron chi connectivity index (χ1n) is 8.57. The van der Waals surface area contributed by atoms with Gasteiger partial charge in [-0.2, -0.15) is 0 Å². The number of allylic oxidation sites excluding steroid dienone is 1. The van der Waals surface area contributed by atoms with E-state index in [4.69, 9.17) is 4.74 Å². The number of carbonyl (C=O) groups excluding carboxylic acids is 1. The van der Waals surface area contributed by atoms with E-state index in [0.717, 1.165) is 18.4 Å². The van der Waals surface area contributed by atoms with Gasteiger partial charge in [0.25, 0.3) is 0 Å². The summed E-state index contributed by atoms with van der Waals surface area (Å²) in [4.78, 5) is 12.3. The van der Waals surface area contributed by atoms with Crippen LogP contribution in [-0.4, -0.2) is 18.6 Å². The van der Waals surface area contributed by atoms with Crippen LogP contribution in [0.1, 0.15) is 72.6 Å². The Bertz CT molecular complexity index is 400. The van der Waals surface area contributed by atoms with E-state index in [1.165, 1.54) is 37.8 Å². The van der Waals surface area contributed by atoms with Crippen LogP contribution in [0.25, 0.3) is 0 Å². The lowest BCUT2D eigenvalue weighted by Crippen LogP contribution is -2.34. The van der Waals surface area contributed by atoms with Crippen LogP contribution in [0.15, 0.2) is 11.3 Å². The summed E-state index contributed by atoms with van der Waals surface area (Å²) < 4.78 is 5.30. The Balaban J connectivity index is 2.15. The number of esters is 1. The third-order valence-corrected chi connectivity index (χ3v) is 5.04. The number of hydrogen-bond donors (Lipinski definition) is 1. The molecule has 0 spiro atoms. The van der Waals surface area contributed by atoms with E-state index in [1.54, 1.807) is 0 Å². The Labute approximate surface area is 129 Å². The molecule has 0 saturated heterocycles. The SMILES string of the molecule is CCOC(=O)C1=C(NC2CCCC2)CCC(C(C)(C)C)C1. The van der Waals surface area contributed by atoms with Gasteiger partial charge >= 0.3 is 5.97 Å². The van der Waals surface area contributed by atoms with Gasteiger partial charge in [-0.15, -0.1) is 0 Å². The third-order valence-electron chi connectivity index (χ3n) is 5.04. The first-order chi connectivity index (χ1) is 9.91. The average molecular weight is 293 g/mol. The zero-order valence-corrected chi connectivity index (χ0v) is 14.1. The predicted molar refractivity (Wildman–Crippen MR) is 85.8 cm³/mol. The molecule has 2 rings (SSSR count). The lowest BCUT2D eigenvalue weighted by atomic mass is 9.71. The lowest BCUT2D eigenvalue weighted by Gasteiger charge is -2.36. The van der Waals surface area contributed by atoms with E-state index in [0.29, 0.717) is 18.6 Å². The van der Waals surface area contributed by atoms with E-state index in [9.17, 15) is 4.79 Å². The van der Waals surface area contributed by atoms with Crippen molar-refractivity contribution in [1.82, 2.24) is 5.32 Å². The monoisotopic (exact) mass is 293 g/mol. The van der Waals surface area contributed by atoms with Crippen LogP contribution in [0, 0.1) is 11.3 Å². The fraction of sp³-hybridized carbons (Fsp3) is 0.833. The smallest absolute Gasteiger partial charge is 0.335 e. The Morgan fingerprint density at radius 1 is 1.24 bits per heavy atom. The maximum absolute atomic E-state index is 12.3. The van der Waals surface area contributed by atoms with E-state index >= 15 is 0 Å². The summed E-state index contributed by atoms with van der Waals surface area (Å²) in [7, 11) is 0. The number of rotatable bonds is 4. The minimum absolute atomic E-state index is 0.105. The van der Waals surface area contributed by atoms with Gasteiger partial charge < -0.3 is 10.1 Å². The van der Waals surface area contributed by atoms with Gasteiger partial charge in [-0.1, -0.05) is 33.6 Å². The lowest BCUT2D eigenvalue weighted by molar-refractivity contribution is -0.139. The Morgan fingerprint density at radius 3 is 2.48 bits per heavy atom. The summed E-state index contributed by atoms with van der Waals surface area (Å²) in [5.74, 6) is 0.456. The molecule has 0 aromatic heterocycles. The first kappa shape index (κ1) is 16.4. The summed E-state index contributed by atoms with van der Waals surface area (Å²) in [6.45, 7) is 9.16. The molecule has 120 valence electrons. The van der Waals surface area contributed by atoms with Gasteiger partial charge in [-0.25, -0.2) is 4.79 Å². The Hall–Kier alpha value is -0.990. The fourth-order valence-corrected chi connectivity index (χ4v) is 3.58. The zero-order valence-electron chi connectivity index (χ0n) is 14.1. The Kier molecular flexibility index (Phi) is 5.34. The molecule has 3 nitrogen and oxygen atoms in total. The highest BCUT2D eigenvalue weighted by Gasteiger charge is 2.33. The number of carbonyl (C=O) groups is 1. The van der Waals surface area contributed by atoms with Crippen molar-refractivity contribution in [3.8, 4) is 0 Å². The molecule has 0 aliphatic heterocycles. The van der Waals surface area contributed by atoms with Crippen LogP contribution in [0.3, 0.4) is 0 Å². The van der Waals surface area contributed by atoms with Gasteiger partial charge in [0, 0.05) is 11.7 Å². The third kappa shape index (κ3) is 4.24. The highest BCUT2D eigenvalue weighted by atomic mass is 16.5. The Morgan fingerprint density at radius 2 is 1.90 bits per heavy atom. The van der Waals surface area contributed by atoms with Gasteiger partial charge in [-0.05, 0) is 50.4 Å². The predicted octanol–water partition coefficient (Wildman–Crippen LogP) is 4.18. The molecule has 0 bridgehead atoms. The van der Waals surface area contributed by atoms with Crippen LogP contribution >= 0.6 is 0 Å². The topological polar surface area (TPSA) is 38.3 Å². The molecule has 0 amide bonds. The van der Waals surface area contributed by atoms with Crippen molar-refractivity contribution in [1.29, 1.82) is 0 Å². The number of hydrogen-bond acceptors (Lipinski definition) is 3. The zero-order chi connectivity index (χ0) is 15.5. The molecule has 0 aromatic carbocycles. The summed E-state index contributed by atoms with van der Waals surface area (Å²) in [5, 5.41) is 3.66. The highest BCUT2D eigenvalue weighted by Crippen LogP contribution is 2.40. The molecule has 0 aromatic rings. The molecule has 1 atom stereocenters. The quantitative estimate of drug-likeness (QED) is 0.790. The minimum Gasteiger partial charge on any atom is -0.463 e. The number of ether oxygens (including phenoxy) is 1. The molecular weight excluding hydrogens is 262 g/mol. The van der Waals surface area contributed by atoms with Gasteiger partial charge in [0.15, 0.2) is 0 Å². The molecule has 21 heavy (non-hydrogen) atoms. The molecule has 0 radical (unpaired) electrons. The summed E-state index contributed by atoms with van der Waals surface area (Å²) in [5.41, 5.74) is 2.33. The summed E-state index contributed by atoms with van der Waals surface area (Å²) >= 11 is 0. The molecule has 1 saturated carbocycles. The van der Waals surface area contributed by atoms with E-state index in [-0.39, 0.29) is 11.4 Å².